The molecule has 0 aliphatic carbocycles. The number of nitrogens with one attached hydrogen (secondary N) is 1. The van der Waals surface area contributed by atoms with E-state index in [2.05, 4.69) is 15.3 Å². The van der Waals surface area contributed by atoms with Gasteiger partial charge in [-0.3, -0.25) is 9.59 Å². The monoisotopic (exact) mass is 525 g/mol. The van der Waals surface area contributed by atoms with Crippen LogP contribution in [0, 0.1) is 0 Å². The Labute approximate surface area is 211 Å². The lowest BCUT2D eigenvalue weighted by atomic mass is 9.97. The second-order valence-electron chi connectivity index (χ2n) is 10.8. The van der Waals surface area contributed by atoms with Gasteiger partial charge in [0.25, 0.3) is 11.8 Å². The summed E-state index contributed by atoms with van der Waals surface area (Å²) < 4.78 is 42.6. The van der Waals surface area contributed by atoms with Crippen LogP contribution in [-0.4, -0.2) is 73.5 Å². The molecule has 2 fully saturated rings. The average Bonchev–Trinajstić information content (AvgIpc) is 3.36. The maximum Gasteiger partial charge on any atom is 0.417 e. The van der Waals surface area contributed by atoms with Crippen molar-refractivity contribution in [3.05, 3.63) is 28.5 Å². The molecule has 2 saturated heterocycles. The first-order valence-electron chi connectivity index (χ1n) is 11.7. The standard InChI is InChI=1S/C24H30F3N5O3S/c1-13-7-6-8-32(13)20(33)17-18(36-19(29-17)21(34)31-11-23(5,35)12-31)14-10-28-16(30-22(2,3)4)9-15(14)24(25,26)27/h9-10,13,35H,6-8,11-12H2,1-5H3,(H,28,30)/t13-/m0/s1. The van der Waals surface area contributed by atoms with E-state index in [1.54, 1.807) is 32.6 Å². The predicted octanol–water partition coefficient (Wildman–Crippen LogP) is 4.27. The van der Waals surface area contributed by atoms with Crippen molar-refractivity contribution in [1.29, 1.82) is 0 Å². The van der Waals surface area contributed by atoms with E-state index < -0.39 is 34.7 Å². The van der Waals surface area contributed by atoms with E-state index in [9.17, 15) is 27.9 Å². The summed E-state index contributed by atoms with van der Waals surface area (Å²) in [6, 6.07) is 0.830. The fourth-order valence-electron chi connectivity index (χ4n) is 4.49. The molecule has 0 bridgehead atoms. The lowest BCUT2D eigenvalue weighted by Crippen LogP contribution is -2.61. The van der Waals surface area contributed by atoms with Gasteiger partial charge in [-0.2, -0.15) is 13.2 Å². The van der Waals surface area contributed by atoms with Crippen LogP contribution in [0.15, 0.2) is 12.3 Å². The molecule has 196 valence electrons. The van der Waals surface area contributed by atoms with E-state index in [0.717, 1.165) is 36.4 Å². The summed E-state index contributed by atoms with van der Waals surface area (Å²) in [6.45, 7) is 9.50. The molecule has 4 rings (SSSR count). The van der Waals surface area contributed by atoms with Gasteiger partial charge in [0.1, 0.15) is 11.5 Å². The third kappa shape index (κ3) is 5.34. The molecule has 4 heterocycles. The molecular weight excluding hydrogens is 495 g/mol. The SMILES string of the molecule is C[C@H]1CCCN1C(=O)c1nc(C(=O)N2CC(C)(O)C2)sc1-c1cnc(NC(C)(C)C)cc1C(F)(F)F. The highest BCUT2D eigenvalue weighted by molar-refractivity contribution is 7.17. The van der Waals surface area contributed by atoms with Gasteiger partial charge in [-0.25, -0.2) is 9.97 Å². The number of aromatic nitrogens is 2. The molecular formula is C24H30F3N5O3S. The fourth-order valence-corrected chi connectivity index (χ4v) is 5.54. The molecule has 0 aromatic carbocycles. The van der Waals surface area contributed by atoms with Crippen molar-refractivity contribution in [2.24, 2.45) is 0 Å². The highest BCUT2D eigenvalue weighted by Crippen LogP contribution is 2.42. The van der Waals surface area contributed by atoms with Gasteiger partial charge in [0.2, 0.25) is 0 Å². The minimum Gasteiger partial charge on any atom is -0.386 e. The second kappa shape index (κ2) is 8.98. The number of β-amino-alcohol motifs (C(OH)–C–C–N with tert-alkyl or cyclic N) is 1. The number of hydrogen-bond acceptors (Lipinski definition) is 7. The van der Waals surface area contributed by atoms with E-state index in [1.807, 2.05) is 6.92 Å². The smallest absolute Gasteiger partial charge is 0.386 e. The van der Waals surface area contributed by atoms with Crippen LogP contribution in [0.25, 0.3) is 10.4 Å². The molecule has 2 aromatic heterocycles. The number of amides is 2. The molecule has 36 heavy (non-hydrogen) atoms. The van der Waals surface area contributed by atoms with Crippen molar-refractivity contribution in [1.82, 2.24) is 19.8 Å². The zero-order chi connectivity index (χ0) is 26.6. The van der Waals surface area contributed by atoms with E-state index in [1.165, 1.54) is 4.90 Å². The Balaban J connectivity index is 1.82. The van der Waals surface area contributed by atoms with Crippen LogP contribution in [0.1, 0.15) is 73.3 Å². The number of aliphatic hydroxyl groups is 1. The number of thiazole rings is 1. The van der Waals surface area contributed by atoms with Gasteiger partial charge >= 0.3 is 6.18 Å². The molecule has 12 heteroatoms. The minimum absolute atomic E-state index is 0.0446. The molecule has 0 radical (unpaired) electrons. The van der Waals surface area contributed by atoms with Crippen molar-refractivity contribution in [3.8, 4) is 10.4 Å². The Hall–Kier alpha value is -2.73. The molecule has 2 aliphatic rings. The highest BCUT2D eigenvalue weighted by atomic mass is 32.1. The van der Waals surface area contributed by atoms with Crippen LogP contribution in [0.3, 0.4) is 0 Å². The summed E-state index contributed by atoms with van der Waals surface area (Å²) in [5, 5.41) is 12.8. The van der Waals surface area contributed by atoms with Gasteiger partial charge in [-0.05, 0) is 53.5 Å². The number of halogens is 3. The summed E-state index contributed by atoms with van der Waals surface area (Å²) in [4.78, 5) is 37.8. The van der Waals surface area contributed by atoms with Crippen molar-refractivity contribution in [2.75, 3.05) is 25.0 Å². The molecule has 0 saturated carbocycles. The van der Waals surface area contributed by atoms with E-state index in [-0.39, 0.29) is 46.1 Å². The first kappa shape index (κ1) is 26.3. The number of anilines is 1. The summed E-state index contributed by atoms with van der Waals surface area (Å²) in [7, 11) is 0. The molecule has 8 nitrogen and oxygen atoms in total. The van der Waals surface area contributed by atoms with Crippen LogP contribution < -0.4 is 5.32 Å². The number of carbonyl (C=O) groups excluding carboxylic acids is 2. The largest absolute Gasteiger partial charge is 0.417 e. The zero-order valence-corrected chi connectivity index (χ0v) is 21.7. The predicted molar refractivity (Wildman–Crippen MR) is 130 cm³/mol. The quantitative estimate of drug-likeness (QED) is 0.619. The van der Waals surface area contributed by atoms with Gasteiger partial charge in [-0.15, -0.1) is 11.3 Å². The van der Waals surface area contributed by atoms with Gasteiger partial charge < -0.3 is 20.2 Å². The molecule has 2 aromatic rings. The first-order chi connectivity index (χ1) is 16.6. The Bertz CT molecular complexity index is 1180. The number of likely N-dealkylation sites (tertiary alicyclic amines) is 2. The van der Waals surface area contributed by atoms with Crippen LogP contribution in [0.5, 0.6) is 0 Å². The van der Waals surface area contributed by atoms with Gasteiger partial charge in [0, 0.05) is 29.9 Å². The second-order valence-corrected chi connectivity index (χ2v) is 11.8. The van der Waals surface area contributed by atoms with Gasteiger partial charge in [0.05, 0.1) is 29.1 Å². The molecule has 2 aliphatic heterocycles. The maximum absolute atomic E-state index is 14.2. The third-order valence-corrected chi connectivity index (χ3v) is 7.21. The van der Waals surface area contributed by atoms with E-state index in [4.69, 9.17) is 0 Å². The van der Waals surface area contributed by atoms with Crippen molar-refractivity contribution in [3.63, 3.8) is 0 Å². The zero-order valence-electron chi connectivity index (χ0n) is 20.9. The molecule has 0 unspecified atom stereocenters. The minimum atomic E-state index is -4.74. The topological polar surface area (TPSA) is 98.7 Å². The molecule has 2 N–H and O–H groups in total. The Morgan fingerprint density at radius 2 is 1.89 bits per heavy atom. The summed E-state index contributed by atoms with van der Waals surface area (Å²) in [5.74, 6) is -0.997. The number of rotatable bonds is 4. The summed E-state index contributed by atoms with van der Waals surface area (Å²) >= 11 is 0.744. The first-order valence-corrected chi connectivity index (χ1v) is 12.6. The number of hydrogen-bond donors (Lipinski definition) is 2. The lowest BCUT2D eigenvalue weighted by Gasteiger charge is -2.43. The number of alkyl halides is 3. The van der Waals surface area contributed by atoms with Crippen molar-refractivity contribution >= 4 is 29.0 Å². The number of pyridine rings is 1. The number of carbonyl (C=O) groups is 2. The average molecular weight is 526 g/mol. The Morgan fingerprint density at radius 3 is 2.42 bits per heavy atom. The van der Waals surface area contributed by atoms with Crippen molar-refractivity contribution in [2.45, 2.75) is 70.8 Å². The Kier molecular flexibility index (Phi) is 6.57. The normalized spacial score (nSPS) is 19.9. The van der Waals surface area contributed by atoms with E-state index in [0.29, 0.717) is 6.54 Å². The van der Waals surface area contributed by atoms with Crippen LogP contribution in [-0.2, 0) is 6.18 Å². The van der Waals surface area contributed by atoms with Crippen molar-refractivity contribution < 1.29 is 27.9 Å². The molecule has 0 spiro atoms. The fraction of sp³-hybridized carbons (Fsp3) is 0.583. The third-order valence-electron chi connectivity index (χ3n) is 6.13. The van der Waals surface area contributed by atoms with Gasteiger partial charge in [0.15, 0.2) is 5.01 Å². The Morgan fingerprint density at radius 1 is 1.22 bits per heavy atom. The lowest BCUT2D eigenvalue weighted by molar-refractivity contribution is -0.137. The molecule has 2 amide bonds. The number of nitrogens with zero attached hydrogens (tertiary/aromatic N) is 4. The summed E-state index contributed by atoms with van der Waals surface area (Å²) in [6.07, 6.45) is -2.10. The van der Waals surface area contributed by atoms with Crippen LogP contribution in [0.4, 0.5) is 19.0 Å². The maximum atomic E-state index is 14.2. The van der Waals surface area contributed by atoms with Crippen LogP contribution >= 0.6 is 11.3 Å². The van der Waals surface area contributed by atoms with Gasteiger partial charge in [-0.1, -0.05) is 0 Å². The summed E-state index contributed by atoms with van der Waals surface area (Å²) in [5.41, 5.74) is -3.00. The highest BCUT2D eigenvalue weighted by Gasteiger charge is 2.42. The van der Waals surface area contributed by atoms with Crippen LogP contribution in [0.2, 0.25) is 0 Å². The molecule has 1 atom stereocenters. The van der Waals surface area contributed by atoms with E-state index >= 15 is 0 Å².